The van der Waals surface area contributed by atoms with Gasteiger partial charge in [-0.1, -0.05) is 83.9 Å². The first-order chi connectivity index (χ1) is 24.0. The molecule has 0 fully saturated rings. The summed E-state index contributed by atoms with van der Waals surface area (Å²) < 4.78 is 0. The van der Waals surface area contributed by atoms with Crippen LogP contribution in [0.4, 0.5) is 28.4 Å². The van der Waals surface area contributed by atoms with Gasteiger partial charge in [0.2, 0.25) is 0 Å². The van der Waals surface area contributed by atoms with Crippen LogP contribution in [-0.4, -0.2) is 0 Å². The van der Waals surface area contributed by atoms with Gasteiger partial charge >= 0.3 is 0 Å². The first kappa shape index (κ1) is 29.8. The van der Waals surface area contributed by atoms with Gasteiger partial charge in [0.15, 0.2) is 0 Å². The van der Waals surface area contributed by atoms with Crippen molar-refractivity contribution in [3.63, 3.8) is 0 Å². The van der Waals surface area contributed by atoms with Crippen molar-refractivity contribution in [2.24, 2.45) is 0 Å². The monoisotopic (exact) mass is 628 g/mol. The maximum Gasteiger partial charge on any atom is 0.0991 e. The minimum atomic E-state index is 0.632. The Morgan fingerprint density at radius 3 is 1.41 bits per heavy atom. The molecule has 0 unspecified atom stereocenters. The molecule has 0 heterocycles. The van der Waals surface area contributed by atoms with Gasteiger partial charge in [-0.15, -0.1) is 0 Å². The molecule has 0 aliphatic rings. The first-order valence-corrected chi connectivity index (χ1v) is 16.4. The average molecular weight is 629 g/mol. The molecule has 0 bridgehead atoms. The zero-order chi connectivity index (χ0) is 33.5. The van der Waals surface area contributed by atoms with E-state index in [0.29, 0.717) is 17.7 Å². The van der Waals surface area contributed by atoms with E-state index in [1.807, 2.05) is 48.5 Å². The Hall–Kier alpha value is -6.62. The lowest BCUT2D eigenvalue weighted by Crippen LogP contribution is -2.17. The van der Waals surface area contributed by atoms with Crippen molar-refractivity contribution in [2.45, 2.75) is 20.4 Å². The fraction of sp³-hybridized carbons (Fsp3) is 0.0667. The summed E-state index contributed by atoms with van der Waals surface area (Å²) in [5, 5.41) is 26.1. The zero-order valence-corrected chi connectivity index (χ0v) is 27.4. The number of hydrogen-bond acceptors (Lipinski definition) is 4. The first-order valence-electron chi connectivity index (χ1n) is 16.4. The number of nitrogens with zero attached hydrogens (tertiary/aromatic N) is 4. The van der Waals surface area contributed by atoms with E-state index in [-0.39, 0.29) is 0 Å². The number of aryl methyl sites for hydroxylation is 2. The van der Waals surface area contributed by atoms with Gasteiger partial charge in [-0.2, -0.15) is 10.5 Å². The molecule has 4 heteroatoms. The lowest BCUT2D eigenvalue weighted by molar-refractivity contribution is 0.979. The Morgan fingerprint density at radius 1 is 0.449 bits per heavy atom. The SMILES string of the molecule is Cc1ccc(CN(c2ccc(C#N)cc2)c2ccc3ccc4c(N(c5ccc(C)cc5)c5ccc(C#N)cc5)ccc5ccc2c3c54)cc1. The predicted molar refractivity (Wildman–Crippen MR) is 202 cm³/mol. The van der Waals surface area contributed by atoms with Crippen LogP contribution in [0.3, 0.4) is 0 Å². The maximum absolute atomic E-state index is 9.51. The van der Waals surface area contributed by atoms with Crippen molar-refractivity contribution in [2.75, 3.05) is 9.80 Å². The molecule has 0 atom stereocenters. The van der Waals surface area contributed by atoms with E-state index < -0.39 is 0 Å². The second-order valence-electron chi connectivity index (χ2n) is 12.7. The molecule has 4 nitrogen and oxygen atoms in total. The lowest BCUT2D eigenvalue weighted by atomic mass is 9.91. The zero-order valence-electron chi connectivity index (χ0n) is 27.4. The van der Waals surface area contributed by atoms with E-state index in [1.54, 1.807) is 0 Å². The van der Waals surface area contributed by atoms with Gasteiger partial charge in [-0.3, -0.25) is 0 Å². The van der Waals surface area contributed by atoms with Crippen molar-refractivity contribution in [1.82, 2.24) is 0 Å². The lowest BCUT2D eigenvalue weighted by Gasteiger charge is -2.29. The van der Waals surface area contributed by atoms with Crippen molar-refractivity contribution < 1.29 is 0 Å². The fourth-order valence-corrected chi connectivity index (χ4v) is 6.91. The van der Waals surface area contributed by atoms with Gasteiger partial charge in [0.1, 0.15) is 0 Å². The van der Waals surface area contributed by atoms with E-state index in [2.05, 4.69) is 133 Å². The molecular formula is C45H32N4. The number of anilines is 5. The van der Waals surface area contributed by atoms with E-state index >= 15 is 0 Å². The summed E-state index contributed by atoms with van der Waals surface area (Å²) >= 11 is 0. The van der Waals surface area contributed by atoms with E-state index in [4.69, 9.17) is 0 Å². The normalized spacial score (nSPS) is 11.1. The molecule has 0 saturated carbocycles. The van der Waals surface area contributed by atoms with Crippen LogP contribution in [0.2, 0.25) is 0 Å². The van der Waals surface area contributed by atoms with Crippen molar-refractivity contribution in [1.29, 1.82) is 10.5 Å². The van der Waals surface area contributed by atoms with E-state index in [9.17, 15) is 10.5 Å². The van der Waals surface area contributed by atoms with Crippen LogP contribution in [0.1, 0.15) is 27.8 Å². The van der Waals surface area contributed by atoms with Crippen LogP contribution in [0.15, 0.2) is 146 Å². The highest BCUT2D eigenvalue weighted by atomic mass is 15.1. The number of nitriles is 2. The maximum atomic E-state index is 9.51. The molecule has 49 heavy (non-hydrogen) atoms. The van der Waals surface area contributed by atoms with E-state index in [0.717, 1.165) is 33.8 Å². The van der Waals surface area contributed by atoms with Crippen LogP contribution in [-0.2, 0) is 6.54 Å². The summed E-state index contributed by atoms with van der Waals surface area (Å²) in [6.45, 7) is 4.89. The number of benzene rings is 8. The molecular weight excluding hydrogens is 597 g/mol. The molecule has 8 aromatic rings. The second-order valence-corrected chi connectivity index (χ2v) is 12.7. The van der Waals surface area contributed by atoms with Gasteiger partial charge in [0.25, 0.3) is 0 Å². The molecule has 0 N–H and O–H groups in total. The Labute approximate surface area is 286 Å². The molecule has 0 aromatic heterocycles. The quantitative estimate of drug-likeness (QED) is 0.165. The molecule has 0 saturated heterocycles. The Kier molecular flexibility index (Phi) is 7.41. The fourth-order valence-electron chi connectivity index (χ4n) is 6.91. The molecule has 8 aromatic carbocycles. The highest BCUT2D eigenvalue weighted by molar-refractivity contribution is 6.27. The minimum absolute atomic E-state index is 0.632. The Bertz CT molecular complexity index is 2540. The standard InChI is InChI=1S/C45H32N4/c1-30-3-7-34(8-4-30)29-48(37-19-9-32(27-46)10-20-37)42-25-15-35-14-24-41-43(26-16-36-13-23-40(42)44(35)45(36)41)49(38-17-5-31(2)6-18-38)39-21-11-33(28-47)12-22-39/h3-26H,29H2,1-2H3. The predicted octanol–water partition coefficient (Wildman–Crippen LogP) is 11.8. The van der Waals surface area contributed by atoms with E-state index in [1.165, 1.54) is 43.6 Å². The minimum Gasteiger partial charge on any atom is -0.336 e. The smallest absolute Gasteiger partial charge is 0.0991 e. The molecule has 0 aliphatic heterocycles. The third-order valence-corrected chi connectivity index (χ3v) is 9.47. The molecule has 0 radical (unpaired) electrons. The largest absolute Gasteiger partial charge is 0.336 e. The Balaban J connectivity index is 1.35. The summed E-state index contributed by atoms with van der Waals surface area (Å²) in [6.07, 6.45) is 0. The molecule has 0 spiro atoms. The van der Waals surface area contributed by atoms with Crippen LogP contribution in [0.5, 0.6) is 0 Å². The van der Waals surface area contributed by atoms with Crippen molar-refractivity contribution in [3.8, 4) is 12.1 Å². The van der Waals surface area contributed by atoms with Gasteiger partial charge in [-0.25, -0.2) is 0 Å². The average Bonchev–Trinajstić information content (AvgIpc) is 3.15. The van der Waals surface area contributed by atoms with Crippen LogP contribution < -0.4 is 9.80 Å². The third-order valence-electron chi connectivity index (χ3n) is 9.47. The molecule has 232 valence electrons. The van der Waals surface area contributed by atoms with Crippen molar-refractivity contribution >= 4 is 60.8 Å². The van der Waals surface area contributed by atoms with Gasteiger partial charge in [0, 0.05) is 40.1 Å². The van der Waals surface area contributed by atoms with Crippen LogP contribution >= 0.6 is 0 Å². The molecule has 0 aliphatic carbocycles. The van der Waals surface area contributed by atoms with Crippen LogP contribution in [0, 0.1) is 36.5 Å². The second kappa shape index (κ2) is 12.2. The van der Waals surface area contributed by atoms with Crippen LogP contribution in [0.25, 0.3) is 32.3 Å². The summed E-state index contributed by atoms with van der Waals surface area (Å²) in [7, 11) is 0. The van der Waals surface area contributed by atoms with Gasteiger partial charge in [0.05, 0.1) is 29.0 Å². The van der Waals surface area contributed by atoms with Gasteiger partial charge < -0.3 is 9.80 Å². The van der Waals surface area contributed by atoms with Gasteiger partial charge in [-0.05, 0) is 114 Å². The highest BCUT2D eigenvalue weighted by Crippen LogP contribution is 2.46. The Morgan fingerprint density at radius 2 is 0.878 bits per heavy atom. The summed E-state index contributed by atoms with van der Waals surface area (Å²) in [6, 6.07) is 55.3. The summed E-state index contributed by atoms with van der Waals surface area (Å²) in [4.78, 5) is 4.64. The number of hydrogen-bond donors (Lipinski definition) is 0. The highest BCUT2D eigenvalue weighted by Gasteiger charge is 2.21. The number of rotatable bonds is 7. The summed E-state index contributed by atoms with van der Waals surface area (Å²) in [5.74, 6) is 0. The molecule has 8 rings (SSSR count). The van der Waals surface area contributed by atoms with Crippen molar-refractivity contribution in [3.05, 3.63) is 173 Å². The topological polar surface area (TPSA) is 54.1 Å². The summed E-state index contributed by atoms with van der Waals surface area (Å²) in [5.41, 5.74) is 10.2. The molecule has 0 amide bonds. The third kappa shape index (κ3) is 5.36.